The molecule has 0 saturated carbocycles. The van der Waals surface area contributed by atoms with Gasteiger partial charge in [-0.15, -0.1) is 0 Å². The molecule has 1 rings (SSSR count). The molecule has 0 radical (unpaired) electrons. The summed E-state index contributed by atoms with van der Waals surface area (Å²) in [5.74, 6) is -0.970. The molecule has 102 valence electrons. The van der Waals surface area contributed by atoms with E-state index in [-0.39, 0.29) is 24.9 Å². The van der Waals surface area contributed by atoms with Crippen LogP contribution in [0, 0.1) is 0 Å². The van der Waals surface area contributed by atoms with E-state index in [1.54, 1.807) is 24.3 Å². The van der Waals surface area contributed by atoms with Crippen LogP contribution in [0.1, 0.15) is 6.92 Å². The topological polar surface area (TPSA) is 113 Å². The number of anilines is 2. The van der Waals surface area contributed by atoms with Gasteiger partial charge in [0.05, 0.1) is 13.1 Å². The molecule has 7 nitrogen and oxygen atoms in total. The maximum absolute atomic E-state index is 11.5. The maximum atomic E-state index is 11.5. The van der Waals surface area contributed by atoms with Gasteiger partial charge in [-0.25, -0.2) is 0 Å². The zero-order chi connectivity index (χ0) is 14.3. The third-order valence-electron chi connectivity index (χ3n) is 2.10. The molecule has 0 aliphatic carbocycles. The Morgan fingerprint density at radius 3 is 2.32 bits per heavy atom. The van der Waals surface area contributed by atoms with Gasteiger partial charge >= 0.3 is 0 Å². The number of carbonyl (C=O) groups is 3. The van der Waals surface area contributed by atoms with E-state index in [1.807, 2.05) is 0 Å². The molecule has 3 amide bonds. The molecule has 19 heavy (non-hydrogen) atoms. The van der Waals surface area contributed by atoms with Gasteiger partial charge < -0.3 is 21.7 Å². The minimum atomic E-state index is -0.401. The zero-order valence-corrected chi connectivity index (χ0v) is 10.5. The molecule has 0 aliphatic heterocycles. The summed E-state index contributed by atoms with van der Waals surface area (Å²) in [7, 11) is 0. The molecule has 0 unspecified atom stereocenters. The lowest BCUT2D eigenvalue weighted by molar-refractivity contribution is -0.123. The molecular weight excluding hydrogens is 248 g/mol. The average molecular weight is 264 g/mol. The Bertz CT molecular complexity index is 488. The first-order valence-corrected chi connectivity index (χ1v) is 5.65. The van der Waals surface area contributed by atoms with Crippen molar-refractivity contribution in [2.75, 3.05) is 23.7 Å². The van der Waals surface area contributed by atoms with Gasteiger partial charge in [-0.3, -0.25) is 14.4 Å². The van der Waals surface area contributed by atoms with Gasteiger partial charge in [0.2, 0.25) is 17.7 Å². The SMILES string of the molecule is CC(=O)Nc1cccc(NC(=O)CNC(=O)CN)c1. The predicted molar refractivity (Wildman–Crippen MR) is 71.4 cm³/mol. The highest BCUT2D eigenvalue weighted by Crippen LogP contribution is 2.14. The van der Waals surface area contributed by atoms with Gasteiger partial charge in [0, 0.05) is 18.3 Å². The molecule has 0 atom stereocenters. The lowest BCUT2D eigenvalue weighted by atomic mass is 10.2. The summed E-state index contributed by atoms with van der Waals surface area (Å²) in [6.07, 6.45) is 0. The van der Waals surface area contributed by atoms with Gasteiger partial charge in [0.15, 0.2) is 0 Å². The van der Waals surface area contributed by atoms with Crippen LogP contribution in [0.4, 0.5) is 11.4 Å². The van der Waals surface area contributed by atoms with Crippen LogP contribution < -0.4 is 21.7 Å². The van der Waals surface area contributed by atoms with Crippen LogP contribution in [0.3, 0.4) is 0 Å². The van der Waals surface area contributed by atoms with Crippen LogP contribution in [0.2, 0.25) is 0 Å². The van der Waals surface area contributed by atoms with Crippen molar-refractivity contribution < 1.29 is 14.4 Å². The van der Waals surface area contributed by atoms with Crippen LogP contribution in [-0.4, -0.2) is 30.8 Å². The Balaban J connectivity index is 2.54. The summed E-state index contributed by atoms with van der Waals surface area (Å²) >= 11 is 0. The van der Waals surface area contributed by atoms with Crippen molar-refractivity contribution in [2.45, 2.75) is 6.92 Å². The van der Waals surface area contributed by atoms with Crippen LogP contribution in [0.5, 0.6) is 0 Å². The van der Waals surface area contributed by atoms with Crippen molar-refractivity contribution in [1.82, 2.24) is 5.32 Å². The second-order valence-electron chi connectivity index (χ2n) is 3.79. The number of hydrogen-bond acceptors (Lipinski definition) is 4. The molecule has 0 aliphatic rings. The number of hydrogen-bond donors (Lipinski definition) is 4. The first-order chi connectivity index (χ1) is 9.01. The van der Waals surface area contributed by atoms with Gasteiger partial charge in [0.1, 0.15) is 0 Å². The number of amides is 3. The minimum Gasteiger partial charge on any atom is -0.346 e. The third-order valence-corrected chi connectivity index (χ3v) is 2.10. The minimum absolute atomic E-state index is 0.152. The summed E-state index contributed by atoms with van der Waals surface area (Å²) in [4.78, 5) is 33.3. The van der Waals surface area contributed by atoms with E-state index in [0.29, 0.717) is 11.4 Å². The van der Waals surface area contributed by atoms with E-state index in [2.05, 4.69) is 16.0 Å². The predicted octanol–water partition coefficient (Wildman–Crippen LogP) is -0.342. The molecule has 1 aromatic rings. The summed E-state index contributed by atoms with van der Waals surface area (Å²) in [5.41, 5.74) is 6.20. The van der Waals surface area contributed by atoms with Crippen molar-refractivity contribution in [2.24, 2.45) is 5.73 Å². The summed E-state index contributed by atoms with van der Waals surface area (Å²) in [6.45, 7) is 1.08. The second-order valence-corrected chi connectivity index (χ2v) is 3.79. The fourth-order valence-corrected chi connectivity index (χ4v) is 1.33. The van der Waals surface area contributed by atoms with Crippen molar-refractivity contribution in [3.63, 3.8) is 0 Å². The molecule has 5 N–H and O–H groups in total. The average Bonchev–Trinajstić information content (AvgIpc) is 2.35. The van der Waals surface area contributed by atoms with Crippen LogP contribution in [-0.2, 0) is 14.4 Å². The lowest BCUT2D eigenvalue weighted by Gasteiger charge is -2.08. The highest BCUT2D eigenvalue weighted by molar-refractivity contribution is 5.96. The maximum Gasteiger partial charge on any atom is 0.243 e. The Labute approximate surface area is 110 Å². The highest BCUT2D eigenvalue weighted by Gasteiger charge is 2.05. The second kappa shape index (κ2) is 7.12. The van der Waals surface area contributed by atoms with Gasteiger partial charge in [-0.05, 0) is 18.2 Å². The van der Waals surface area contributed by atoms with Crippen LogP contribution >= 0.6 is 0 Å². The largest absolute Gasteiger partial charge is 0.346 e. The summed E-state index contributed by atoms with van der Waals surface area (Å²) in [5, 5.41) is 7.54. The summed E-state index contributed by atoms with van der Waals surface area (Å²) < 4.78 is 0. The van der Waals surface area contributed by atoms with Crippen molar-refractivity contribution in [3.8, 4) is 0 Å². The number of nitrogens with one attached hydrogen (secondary N) is 3. The van der Waals surface area contributed by atoms with Gasteiger partial charge in [-0.2, -0.15) is 0 Å². The van der Waals surface area contributed by atoms with E-state index in [9.17, 15) is 14.4 Å². The van der Waals surface area contributed by atoms with Crippen molar-refractivity contribution in [1.29, 1.82) is 0 Å². The first kappa shape index (κ1) is 14.7. The van der Waals surface area contributed by atoms with Crippen molar-refractivity contribution >= 4 is 29.1 Å². The lowest BCUT2D eigenvalue weighted by Crippen LogP contribution is -2.36. The Morgan fingerprint density at radius 1 is 1.11 bits per heavy atom. The summed E-state index contributed by atoms with van der Waals surface area (Å²) in [6, 6.07) is 6.69. The van der Waals surface area contributed by atoms with Gasteiger partial charge in [0.25, 0.3) is 0 Å². The first-order valence-electron chi connectivity index (χ1n) is 5.65. The van der Waals surface area contributed by atoms with Crippen LogP contribution in [0.15, 0.2) is 24.3 Å². The van der Waals surface area contributed by atoms with E-state index in [4.69, 9.17) is 5.73 Å². The Morgan fingerprint density at radius 2 is 1.74 bits per heavy atom. The smallest absolute Gasteiger partial charge is 0.243 e. The van der Waals surface area contributed by atoms with Crippen LogP contribution in [0.25, 0.3) is 0 Å². The molecule has 0 aromatic heterocycles. The molecule has 0 heterocycles. The van der Waals surface area contributed by atoms with E-state index < -0.39 is 5.91 Å². The Hall–Kier alpha value is -2.41. The number of carbonyl (C=O) groups excluding carboxylic acids is 3. The van der Waals surface area contributed by atoms with Gasteiger partial charge in [-0.1, -0.05) is 6.07 Å². The molecular formula is C12H16N4O3. The van der Waals surface area contributed by atoms with E-state index in [0.717, 1.165) is 0 Å². The normalized spacial score (nSPS) is 9.58. The Kier molecular flexibility index (Phi) is 5.49. The fraction of sp³-hybridized carbons (Fsp3) is 0.250. The highest BCUT2D eigenvalue weighted by atomic mass is 16.2. The third kappa shape index (κ3) is 5.64. The van der Waals surface area contributed by atoms with E-state index >= 15 is 0 Å². The monoisotopic (exact) mass is 264 g/mol. The fourth-order valence-electron chi connectivity index (χ4n) is 1.33. The van der Waals surface area contributed by atoms with E-state index in [1.165, 1.54) is 6.92 Å². The molecule has 0 spiro atoms. The molecule has 1 aromatic carbocycles. The van der Waals surface area contributed by atoms with Crippen molar-refractivity contribution in [3.05, 3.63) is 24.3 Å². The molecule has 0 saturated heterocycles. The molecule has 7 heteroatoms. The number of benzene rings is 1. The molecule has 0 fully saturated rings. The molecule has 0 bridgehead atoms. The standard InChI is InChI=1S/C12H16N4O3/c1-8(17)15-9-3-2-4-10(5-9)16-12(19)7-14-11(18)6-13/h2-5H,6-7,13H2,1H3,(H,14,18)(H,15,17)(H,16,19). The number of rotatable bonds is 5. The number of nitrogens with two attached hydrogens (primary N) is 1. The zero-order valence-electron chi connectivity index (χ0n) is 10.5. The quantitative estimate of drug-likeness (QED) is 0.582.